The van der Waals surface area contributed by atoms with Gasteiger partial charge in [-0.25, -0.2) is 9.37 Å². The van der Waals surface area contributed by atoms with Crippen LogP contribution in [-0.2, 0) is 13.6 Å². The summed E-state index contributed by atoms with van der Waals surface area (Å²) in [6.45, 7) is 0.343. The van der Waals surface area contributed by atoms with Crippen LogP contribution in [0.5, 0.6) is 0 Å². The smallest absolute Gasteiger partial charge is 0.229 e. The Balaban J connectivity index is 1.73. The van der Waals surface area contributed by atoms with Crippen molar-refractivity contribution in [1.29, 1.82) is 5.26 Å². The maximum Gasteiger partial charge on any atom is 0.229 e. The Kier molecular flexibility index (Phi) is 4.34. The molecule has 120 valence electrons. The standard InChI is InChI=1S/C16H14FN7/c1-24-10-13(8-21-24)22-16-20-9-14(17)15(23-16)19-7-12-4-2-3-11(5-12)6-18/h2-5,8-10H,7H2,1H3,(H2,19,20,22,23). The molecule has 0 amide bonds. The average Bonchev–Trinajstić information content (AvgIpc) is 3.00. The molecule has 7 nitrogen and oxygen atoms in total. The fourth-order valence-corrected chi connectivity index (χ4v) is 2.10. The molecule has 0 saturated heterocycles. The number of nitriles is 1. The highest BCUT2D eigenvalue weighted by Crippen LogP contribution is 2.17. The van der Waals surface area contributed by atoms with Crippen molar-refractivity contribution in [3.05, 3.63) is 59.8 Å². The Morgan fingerprint density at radius 2 is 2.21 bits per heavy atom. The Morgan fingerprint density at radius 1 is 1.33 bits per heavy atom. The molecular formula is C16H14FN7. The molecule has 2 aromatic heterocycles. The first-order chi connectivity index (χ1) is 11.6. The minimum absolute atomic E-state index is 0.0822. The van der Waals surface area contributed by atoms with Crippen molar-refractivity contribution < 1.29 is 4.39 Å². The summed E-state index contributed by atoms with van der Waals surface area (Å²) in [5.74, 6) is -0.209. The van der Waals surface area contributed by atoms with Gasteiger partial charge in [0.25, 0.3) is 0 Å². The van der Waals surface area contributed by atoms with Crippen LogP contribution >= 0.6 is 0 Å². The van der Waals surface area contributed by atoms with E-state index < -0.39 is 5.82 Å². The molecule has 0 unspecified atom stereocenters. The molecule has 0 fully saturated rings. The van der Waals surface area contributed by atoms with E-state index in [2.05, 4.69) is 31.8 Å². The predicted molar refractivity (Wildman–Crippen MR) is 87.0 cm³/mol. The van der Waals surface area contributed by atoms with E-state index in [-0.39, 0.29) is 11.8 Å². The van der Waals surface area contributed by atoms with Gasteiger partial charge in [-0.2, -0.15) is 15.3 Å². The van der Waals surface area contributed by atoms with Gasteiger partial charge in [0, 0.05) is 19.8 Å². The molecular weight excluding hydrogens is 309 g/mol. The molecule has 24 heavy (non-hydrogen) atoms. The zero-order chi connectivity index (χ0) is 16.9. The van der Waals surface area contributed by atoms with E-state index in [1.54, 1.807) is 42.3 Å². The van der Waals surface area contributed by atoms with Gasteiger partial charge in [0.15, 0.2) is 11.6 Å². The van der Waals surface area contributed by atoms with Crippen LogP contribution in [0.3, 0.4) is 0 Å². The van der Waals surface area contributed by atoms with E-state index in [9.17, 15) is 4.39 Å². The summed E-state index contributed by atoms with van der Waals surface area (Å²) >= 11 is 0. The molecule has 0 bridgehead atoms. The lowest BCUT2D eigenvalue weighted by Gasteiger charge is -2.09. The Morgan fingerprint density at radius 3 is 2.96 bits per heavy atom. The summed E-state index contributed by atoms with van der Waals surface area (Å²) in [4.78, 5) is 8.03. The SMILES string of the molecule is Cn1cc(Nc2ncc(F)c(NCc3cccc(C#N)c3)n2)cn1. The zero-order valence-electron chi connectivity index (χ0n) is 12.9. The number of aryl methyl sites for hydroxylation is 1. The minimum atomic E-state index is -0.553. The normalized spacial score (nSPS) is 10.2. The second-order valence-corrected chi connectivity index (χ2v) is 5.08. The number of aromatic nitrogens is 4. The van der Waals surface area contributed by atoms with Crippen molar-refractivity contribution in [2.24, 2.45) is 7.05 Å². The molecule has 8 heteroatoms. The monoisotopic (exact) mass is 323 g/mol. The summed E-state index contributed by atoms with van der Waals surface area (Å²) < 4.78 is 15.5. The van der Waals surface area contributed by atoms with E-state index in [1.807, 2.05) is 6.07 Å². The van der Waals surface area contributed by atoms with Gasteiger partial charge in [-0.05, 0) is 17.7 Å². The van der Waals surface area contributed by atoms with Gasteiger partial charge in [-0.1, -0.05) is 12.1 Å². The Hall–Kier alpha value is -3.47. The van der Waals surface area contributed by atoms with Crippen LogP contribution in [0.2, 0.25) is 0 Å². The van der Waals surface area contributed by atoms with Crippen molar-refractivity contribution in [2.75, 3.05) is 10.6 Å². The fourth-order valence-electron chi connectivity index (χ4n) is 2.10. The molecule has 1 aromatic carbocycles. The third-order valence-electron chi connectivity index (χ3n) is 3.22. The first-order valence-corrected chi connectivity index (χ1v) is 7.15. The van der Waals surface area contributed by atoms with Crippen LogP contribution in [0.15, 0.2) is 42.9 Å². The van der Waals surface area contributed by atoms with Crippen molar-refractivity contribution >= 4 is 17.5 Å². The van der Waals surface area contributed by atoms with Crippen LogP contribution in [0.1, 0.15) is 11.1 Å². The van der Waals surface area contributed by atoms with Crippen LogP contribution in [0.25, 0.3) is 0 Å². The highest BCUT2D eigenvalue weighted by Gasteiger charge is 2.08. The summed E-state index contributed by atoms with van der Waals surface area (Å²) in [7, 11) is 1.79. The predicted octanol–water partition coefficient (Wildman–Crippen LogP) is 2.58. The third kappa shape index (κ3) is 3.64. The molecule has 2 N–H and O–H groups in total. The number of benzene rings is 1. The molecule has 0 spiro atoms. The Labute approximate surface area is 137 Å². The van der Waals surface area contributed by atoms with Gasteiger partial charge in [-0.3, -0.25) is 4.68 Å². The maximum atomic E-state index is 13.9. The molecule has 0 aliphatic rings. The second kappa shape index (κ2) is 6.75. The number of rotatable bonds is 5. The average molecular weight is 323 g/mol. The van der Waals surface area contributed by atoms with E-state index in [0.29, 0.717) is 17.8 Å². The van der Waals surface area contributed by atoms with Crippen molar-refractivity contribution in [3.8, 4) is 6.07 Å². The lowest BCUT2D eigenvalue weighted by Crippen LogP contribution is -2.07. The van der Waals surface area contributed by atoms with Crippen molar-refractivity contribution in [3.63, 3.8) is 0 Å². The molecule has 3 rings (SSSR count). The quantitative estimate of drug-likeness (QED) is 0.750. The van der Waals surface area contributed by atoms with Crippen LogP contribution < -0.4 is 10.6 Å². The second-order valence-electron chi connectivity index (χ2n) is 5.08. The molecule has 2 heterocycles. The van der Waals surface area contributed by atoms with Gasteiger partial charge >= 0.3 is 0 Å². The highest BCUT2D eigenvalue weighted by molar-refractivity contribution is 5.52. The maximum absolute atomic E-state index is 13.9. The molecule has 0 radical (unpaired) electrons. The zero-order valence-corrected chi connectivity index (χ0v) is 12.9. The molecule has 3 aromatic rings. The number of halogens is 1. The van der Waals surface area contributed by atoms with E-state index in [0.717, 1.165) is 11.8 Å². The summed E-state index contributed by atoms with van der Waals surface area (Å²) in [6, 6.07) is 9.15. The van der Waals surface area contributed by atoms with Gasteiger partial charge in [0.1, 0.15) is 0 Å². The number of anilines is 3. The van der Waals surface area contributed by atoms with Crippen LogP contribution in [0, 0.1) is 17.1 Å². The number of nitrogens with one attached hydrogen (secondary N) is 2. The lowest BCUT2D eigenvalue weighted by atomic mass is 10.1. The molecule has 0 aliphatic heterocycles. The fraction of sp³-hybridized carbons (Fsp3) is 0.125. The number of hydrogen-bond acceptors (Lipinski definition) is 6. The number of nitrogens with zero attached hydrogens (tertiary/aromatic N) is 5. The first kappa shape index (κ1) is 15.4. The van der Waals surface area contributed by atoms with E-state index >= 15 is 0 Å². The van der Waals surface area contributed by atoms with E-state index in [4.69, 9.17) is 5.26 Å². The summed E-state index contributed by atoms with van der Waals surface area (Å²) in [5, 5.41) is 18.8. The topological polar surface area (TPSA) is 91.5 Å². The molecule has 0 saturated carbocycles. The van der Waals surface area contributed by atoms with Crippen LogP contribution in [0.4, 0.5) is 21.8 Å². The molecule has 0 aliphatic carbocycles. The number of hydrogen-bond donors (Lipinski definition) is 2. The van der Waals surface area contributed by atoms with Gasteiger partial charge < -0.3 is 10.6 Å². The largest absolute Gasteiger partial charge is 0.363 e. The first-order valence-electron chi connectivity index (χ1n) is 7.15. The van der Waals surface area contributed by atoms with Crippen LogP contribution in [-0.4, -0.2) is 19.7 Å². The highest BCUT2D eigenvalue weighted by atomic mass is 19.1. The summed E-state index contributed by atoms with van der Waals surface area (Å²) in [5.41, 5.74) is 2.11. The summed E-state index contributed by atoms with van der Waals surface area (Å²) in [6.07, 6.45) is 4.47. The van der Waals surface area contributed by atoms with Gasteiger partial charge in [0.05, 0.1) is 29.7 Å². The third-order valence-corrected chi connectivity index (χ3v) is 3.22. The Bertz CT molecular complexity index is 897. The van der Waals surface area contributed by atoms with Crippen molar-refractivity contribution in [1.82, 2.24) is 19.7 Å². The lowest BCUT2D eigenvalue weighted by molar-refractivity contribution is 0.617. The van der Waals surface area contributed by atoms with Gasteiger partial charge in [-0.15, -0.1) is 0 Å². The minimum Gasteiger partial charge on any atom is -0.363 e. The molecule has 0 atom stereocenters. The van der Waals surface area contributed by atoms with Crippen molar-refractivity contribution in [2.45, 2.75) is 6.54 Å². The van der Waals surface area contributed by atoms with E-state index in [1.165, 1.54) is 0 Å². The van der Waals surface area contributed by atoms with Gasteiger partial charge in [0.2, 0.25) is 5.95 Å².